The van der Waals surface area contributed by atoms with Gasteiger partial charge in [0.15, 0.2) is 23.1 Å². The predicted octanol–water partition coefficient (Wildman–Crippen LogP) is 4.79. The van der Waals surface area contributed by atoms with Crippen LogP contribution in [0.25, 0.3) is 11.1 Å². The molecule has 0 saturated carbocycles. The Bertz CT molecular complexity index is 929. The third-order valence-corrected chi connectivity index (χ3v) is 3.40. The number of benzene rings is 2. The summed E-state index contributed by atoms with van der Waals surface area (Å²) in [5.41, 5.74) is 0.783. The molecule has 2 aromatic rings. The van der Waals surface area contributed by atoms with Crippen LogP contribution in [0.2, 0.25) is 0 Å². The van der Waals surface area contributed by atoms with Crippen LogP contribution < -0.4 is 9.47 Å². The fourth-order valence-electron chi connectivity index (χ4n) is 2.04. The largest absolute Gasteiger partial charge is 0.459 e. The van der Waals surface area contributed by atoms with Gasteiger partial charge in [0.05, 0.1) is 0 Å². The highest BCUT2D eigenvalue weighted by Crippen LogP contribution is 2.29. The fraction of sp³-hybridized carbons (Fsp3) is 0. The zero-order chi connectivity index (χ0) is 21.9. The van der Waals surface area contributed by atoms with E-state index in [1.54, 1.807) is 0 Å². The highest BCUT2D eigenvalue weighted by Gasteiger charge is 2.09. The molecule has 154 valence electrons. The maximum atomic E-state index is 14.2. The van der Waals surface area contributed by atoms with Crippen molar-refractivity contribution in [3.8, 4) is 22.6 Å². The molecule has 2 aromatic carbocycles. The zero-order valence-electron chi connectivity index (χ0n) is 15.5. The van der Waals surface area contributed by atoms with Gasteiger partial charge in [0.1, 0.15) is 25.0 Å². The average molecular weight is 414 g/mol. The smallest absolute Gasteiger partial charge is 0.335 e. The van der Waals surface area contributed by atoms with Crippen LogP contribution in [0.5, 0.6) is 11.5 Å². The van der Waals surface area contributed by atoms with Crippen LogP contribution in [0.1, 0.15) is 0 Å². The highest BCUT2D eigenvalue weighted by atomic mass is 19.1. The summed E-state index contributed by atoms with van der Waals surface area (Å²) in [4.78, 5) is 21.7. The van der Waals surface area contributed by atoms with Gasteiger partial charge in [-0.25, -0.2) is 18.4 Å². The molecular weight excluding hydrogens is 398 g/mol. The summed E-state index contributed by atoms with van der Waals surface area (Å²) in [6, 6.07) is 8.02. The maximum Gasteiger partial charge on any atom is 0.335 e. The van der Waals surface area contributed by atoms with Crippen molar-refractivity contribution >= 4 is 11.9 Å². The molecule has 0 aliphatic carbocycles. The number of hydrogen-bond acceptors (Lipinski definition) is 6. The standard InChI is InChI=1S/C22H16F2O6/c1-3-21(25)29-11-9-27-19-7-5-15(13-17(19)23)16-6-8-20(18(24)14-16)28-10-12-30-22(26)4-2/h3-14H,1-2H2/b11-9-,12-10-. The van der Waals surface area contributed by atoms with Gasteiger partial charge in [0.25, 0.3) is 0 Å². The molecule has 0 radical (unpaired) electrons. The van der Waals surface area contributed by atoms with Gasteiger partial charge in [0.2, 0.25) is 0 Å². The van der Waals surface area contributed by atoms with Crippen molar-refractivity contribution in [1.29, 1.82) is 0 Å². The van der Waals surface area contributed by atoms with Gasteiger partial charge in [-0.15, -0.1) is 0 Å². The number of carbonyl (C=O) groups excluding carboxylic acids is 2. The molecule has 0 atom stereocenters. The van der Waals surface area contributed by atoms with Gasteiger partial charge < -0.3 is 18.9 Å². The SMILES string of the molecule is C=CC(=O)O/C=C\Oc1ccc(-c2ccc(O/C=C\OC(=O)C=C)c(F)c2)cc1F. The fourth-order valence-corrected chi connectivity index (χ4v) is 2.04. The maximum absolute atomic E-state index is 14.2. The summed E-state index contributed by atoms with van der Waals surface area (Å²) in [6.07, 6.45) is 5.79. The first-order valence-electron chi connectivity index (χ1n) is 8.33. The molecule has 0 aliphatic rings. The molecule has 6 nitrogen and oxygen atoms in total. The summed E-state index contributed by atoms with van der Waals surface area (Å²) in [5, 5.41) is 0. The Labute approximate surface area is 170 Å². The molecule has 0 aromatic heterocycles. The Morgan fingerprint density at radius 1 is 0.700 bits per heavy atom. The van der Waals surface area contributed by atoms with E-state index in [0.29, 0.717) is 11.1 Å². The minimum absolute atomic E-state index is 0.121. The van der Waals surface area contributed by atoms with Crippen molar-refractivity contribution in [2.45, 2.75) is 0 Å². The normalized spacial score (nSPS) is 10.6. The molecule has 0 N–H and O–H groups in total. The lowest BCUT2D eigenvalue weighted by Crippen LogP contribution is -1.94. The second-order valence-electron chi connectivity index (χ2n) is 5.35. The van der Waals surface area contributed by atoms with Gasteiger partial charge in [-0.3, -0.25) is 0 Å². The number of halogens is 2. The number of rotatable bonds is 9. The van der Waals surface area contributed by atoms with Crippen LogP contribution in [0.15, 0.2) is 86.8 Å². The first-order chi connectivity index (χ1) is 14.4. The van der Waals surface area contributed by atoms with E-state index < -0.39 is 23.6 Å². The van der Waals surface area contributed by atoms with Crippen molar-refractivity contribution < 1.29 is 37.3 Å². The highest BCUT2D eigenvalue weighted by molar-refractivity contribution is 5.82. The van der Waals surface area contributed by atoms with E-state index in [1.807, 2.05) is 0 Å². The van der Waals surface area contributed by atoms with Gasteiger partial charge in [-0.05, 0) is 35.4 Å². The summed E-state index contributed by atoms with van der Waals surface area (Å²) in [7, 11) is 0. The van der Waals surface area contributed by atoms with E-state index in [-0.39, 0.29) is 11.5 Å². The first kappa shape index (κ1) is 22.1. The van der Waals surface area contributed by atoms with Crippen molar-refractivity contribution in [3.05, 3.63) is 98.4 Å². The molecule has 8 heteroatoms. The second kappa shape index (κ2) is 11.0. The van der Waals surface area contributed by atoms with Gasteiger partial charge in [-0.1, -0.05) is 25.3 Å². The van der Waals surface area contributed by atoms with Crippen LogP contribution in [-0.4, -0.2) is 11.9 Å². The average Bonchev–Trinajstić information content (AvgIpc) is 2.75. The molecular formula is C22H16F2O6. The molecule has 0 spiro atoms. The van der Waals surface area contributed by atoms with Crippen LogP contribution >= 0.6 is 0 Å². The molecule has 0 heterocycles. The van der Waals surface area contributed by atoms with E-state index in [4.69, 9.17) is 9.47 Å². The van der Waals surface area contributed by atoms with Crippen LogP contribution in [0.4, 0.5) is 8.78 Å². The van der Waals surface area contributed by atoms with Gasteiger partial charge >= 0.3 is 11.9 Å². The minimum atomic E-state index is -0.708. The third-order valence-electron chi connectivity index (χ3n) is 3.40. The summed E-state index contributed by atoms with van der Waals surface area (Å²) >= 11 is 0. The Morgan fingerprint density at radius 2 is 1.10 bits per heavy atom. The predicted molar refractivity (Wildman–Crippen MR) is 104 cm³/mol. The lowest BCUT2D eigenvalue weighted by atomic mass is 10.0. The monoisotopic (exact) mass is 414 g/mol. The van der Waals surface area contributed by atoms with Crippen molar-refractivity contribution in [3.63, 3.8) is 0 Å². The van der Waals surface area contributed by atoms with Gasteiger partial charge in [-0.2, -0.15) is 0 Å². The van der Waals surface area contributed by atoms with E-state index in [1.165, 1.54) is 24.3 Å². The summed E-state index contributed by atoms with van der Waals surface area (Å²) in [5.74, 6) is -3.03. The van der Waals surface area contributed by atoms with Crippen LogP contribution in [-0.2, 0) is 19.1 Å². The molecule has 30 heavy (non-hydrogen) atoms. The lowest BCUT2D eigenvalue weighted by Gasteiger charge is -2.08. The van der Waals surface area contributed by atoms with Crippen molar-refractivity contribution in [2.24, 2.45) is 0 Å². The molecule has 0 amide bonds. The van der Waals surface area contributed by atoms with E-state index in [0.717, 1.165) is 49.3 Å². The molecule has 0 aliphatic heterocycles. The van der Waals surface area contributed by atoms with Crippen molar-refractivity contribution in [1.82, 2.24) is 0 Å². The quantitative estimate of drug-likeness (QED) is 0.334. The first-order valence-corrected chi connectivity index (χ1v) is 8.33. The van der Waals surface area contributed by atoms with E-state index in [2.05, 4.69) is 22.6 Å². The number of ether oxygens (including phenoxy) is 4. The molecule has 0 unspecified atom stereocenters. The Morgan fingerprint density at radius 3 is 1.43 bits per heavy atom. The molecule has 2 rings (SSSR count). The molecule has 0 fully saturated rings. The number of esters is 2. The van der Waals surface area contributed by atoms with E-state index >= 15 is 0 Å². The summed E-state index contributed by atoms with van der Waals surface area (Å²) in [6.45, 7) is 6.44. The number of hydrogen-bond donors (Lipinski definition) is 0. The molecule has 0 saturated heterocycles. The van der Waals surface area contributed by atoms with Crippen molar-refractivity contribution in [2.75, 3.05) is 0 Å². The zero-order valence-corrected chi connectivity index (χ0v) is 15.5. The number of carbonyl (C=O) groups is 2. The Hall–Kier alpha value is -4.20. The second-order valence-corrected chi connectivity index (χ2v) is 5.35. The van der Waals surface area contributed by atoms with E-state index in [9.17, 15) is 18.4 Å². The lowest BCUT2D eigenvalue weighted by molar-refractivity contribution is -0.133. The Balaban J connectivity index is 2.05. The molecule has 0 bridgehead atoms. The van der Waals surface area contributed by atoms with Gasteiger partial charge in [0, 0.05) is 12.2 Å². The summed E-state index contributed by atoms with van der Waals surface area (Å²) < 4.78 is 47.6. The topological polar surface area (TPSA) is 71.1 Å². The van der Waals surface area contributed by atoms with Crippen LogP contribution in [0, 0.1) is 11.6 Å². The Kier molecular flexibility index (Phi) is 8.07. The van der Waals surface area contributed by atoms with Crippen LogP contribution in [0.3, 0.4) is 0 Å². The third kappa shape index (κ3) is 6.45. The minimum Gasteiger partial charge on any atom is -0.459 e.